The number of anilines is 2. The van der Waals surface area contributed by atoms with E-state index in [1.807, 2.05) is 0 Å². The molecule has 2 aromatic rings. The Labute approximate surface area is 142 Å². The fraction of sp³-hybridized carbons (Fsp3) is 0.125. The number of carbonyl (C=O) groups excluding carboxylic acids is 2. The first-order valence-electron chi connectivity index (χ1n) is 6.66. The molecule has 0 aliphatic rings. The molecule has 0 bridgehead atoms. The second kappa shape index (κ2) is 7.44. The predicted molar refractivity (Wildman–Crippen MR) is 89.5 cm³/mol. The van der Waals surface area contributed by atoms with Crippen LogP contribution < -0.4 is 10.2 Å². The standard InChI is InChI=1S/C16H13Cl2FN2O2/c1-10(22)21(15-5-3-2-4-13(15)19)9-16(23)20-14-7-6-11(17)8-12(14)18/h2-8H,9H2,1H3,(H,20,23). The van der Waals surface area contributed by atoms with Crippen molar-refractivity contribution in [3.8, 4) is 0 Å². The van der Waals surface area contributed by atoms with Crippen molar-refractivity contribution >= 4 is 46.4 Å². The molecule has 0 heterocycles. The quantitative estimate of drug-likeness (QED) is 0.897. The van der Waals surface area contributed by atoms with Crippen LogP contribution in [0, 0.1) is 5.82 Å². The topological polar surface area (TPSA) is 49.4 Å². The molecule has 0 radical (unpaired) electrons. The molecule has 0 aromatic heterocycles. The number of halogens is 3. The van der Waals surface area contributed by atoms with E-state index in [2.05, 4.69) is 5.32 Å². The zero-order valence-corrected chi connectivity index (χ0v) is 13.7. The van der Waals surface area contributed by atoms with Crippen LogP contribution in [0.3, 0.4) is 0 Å². The molecule has 0 spiro atoms. The second-order valence-corrected chi connectivity index (χ2v) is 5.57. The van der Waals surface area contributed by atoms with E-state index in [4.69, 9.17) is 23.2 Å². The van der Waals surface area contributed by atoms with Crippen molar-refractivity contribution in [3.05, 3.63) is 58.3 Å². The number of amides is 2. The zero-order valence-electron chi connectivity index (χ0n) is 12.1. The number of hydrogen-bond acceptors (Lipinski definition) is 2. The van der Waals surface area contributed by atoms with Gasteiger partial charge in [0, 0.05) is 11.9 Å². The van der Waals surface area contributed by atoms with Crippen LogP contribution in [0.4, 0.5) is 15.8 Å². The van der Waals surface area contributed by atoms with Crippen LogP contribution in [-0.2, 0) is 9.59 Å². The highest BCUT2D eigenvalue weighted by Crippen LogP contribution is 2.25. The Balaban J connectivity index is 2.16. The van der Waals surface area contributed by atoms with Gasteiger partial charge in [-0.25, -0.2) is 4.39 Å². The molecule has 23 heavy (non-hydrogen) atoms. The summed E-state index contributed by atoms with van der Waals surface area (Å²) in [5, 5.41) is 3.27. The Kier molecular flexibility index (Phi) is 5.58. The van der Waals surface area contributed by atoms with Crippen LogP contribution >= 0.6 is 23.2 Å². The molecule has 0 aliphatic carbocycles. The van der Waals surface area contributed by atoms with Gasteiger partial charge in [-0.2, -0.15) is 0 Å². The van der Waals surface area contributed by atoms with Crippen molar-refractivity contribution in [3.63, 3.8) is 0 Å². The van der Waals surface area contributed by atoms with Gasteiger partial charge in [0.2, 0.25) is 11.8 Å². The van der Waals surface area contributed by atoms with Gasteiger partial charge in [0.15, 0.2) is 0 Å². The Hall–Kier alpha value is -2.11. The van der Waals surface area contributed by atoms with E-state index in [0.29, 0.717) is 10.7 Å². The first-order chi connectivity index (χ1) is 10.9. The predicted octanol–water partition coefficient (Wildman–Crippen LogP) is 4.12. The maximum absolute atomic E-state index is 13.8. The number of nitrogens with zero attached hydrogens (tertiary/aromatic N) is 1. The largest absolute Gasteiger partial charge is 0.323 e. The number of carbonyl (C=O) groups is 2. The molecule has 0 saturated heterocycles. The van der Waals surface area contributed by atoms with Crippen molar-refractivity contribution < 1.29 is 14.0 Å². The van der Waals surface area contributed by atoms with Gasteiger partial charge < -0.3 is 10.2 Å². The molecule has 1 N–H and O–H groups in total. The van der Waals surface area contributed by atoms with Gasteiger partial charge in [-0.3, -0.25) is 9.59 Å². The number of para-hydroxylation sites is 1. The summed E-state index contributed by atoms with van der Waals surface area (Å²) < 4.78 is 13.8. The number of rotatable bonds is 4. The van der Waals surface area contributed by atoms with E-state index in [-0.39, 0.29) is 17.3 Å². The van der Waals surface area contributed by atoms with Crippen LogP contribution in [0.25, 0.3) is 0 Å². The number of benzene rings is 2. The molecular weight excluding hydrogens is 342 g/mol. The highest BCUT2D eigenvalue weighted by atomic mass is 35.5. The normalized spacial score (nSPS) is 10.3. The maximum atomic E-state index is 13.8. The van der Waals surface area contributed by atoms with Crippen molar-refractivity contribution in [1.29, 1.82) is 0 Å². The molecule has 0 saturated carbocycles. The highest BCUT2D eigenvalue weighted by Gasteiger charge is 2.19. The number of hydrogen-bond donors (Lipinski definition) is 1. The molecule has 0 atom stereocenters. The van der Waals surface area contributed by atoms with Gasteiger partial charge >= 0.3 is 0 Å². The second-order valence-electron chi connectivity index (χ2n) is 4.73. The molecule has 2 amide bonds. The SMILES string of the molecule is CC(=O)N(CC(=O)Nc1ccc(Cl)cc1Cl)c1ccccc1F. The van der Waals surface area contributed by atoms with Crippen molar-refractivity contribution in [2.75, 3.05) is 16.8 Å². The third-order valence-electron chi connectivity index (χ3n) is 3.03. The zero-order chi connectivity index (χ0) is 17.0. The fourth-order valence-corrected chi connectivity index (χ4v) is 2.42. The third-order valence-corrected chi connectivity index (χ3v) is 3.58. The summed E-state index contributed by atoms with van der Waals surface area (Å²) in [4.78, 5) is 24.9. The monoisotopic (exact) mass is 354 g/mol. The lowest BCUT2D eigenvalue weighted by Crippen LogP contribution is -2.37. The molecular formula is C16H13Cl2FN2O2. The minimum atomic E-state index is -0.583. The van der Waals surface area contributed by atoms with Crippen LogP contribution in [0.1, 0.15) is 6.92 Å². The van der Waals surface area contributed by atoms with Gasteiger partial charge in [-0.1, -0.05) is 35.3 Å². The molecule has 2 rings (SSSR count). The molecule has 2 aromatic carbocycles. The average Bonchev–Trinajstić information content (AvgIpc) is 2.48. The van der Waals surface area contributed by atoms with Crippen molar-refractivity contribution in [2.24, 2.45) is 0 Å². The van der Waals surface area contributed by atoms with E-state index in [1.54, 1.807) is 18.2 Å². The summed E-state index contributed by atoms with van der Waals surface area (Å²) in [6, 6.07) is 10.3. The van der Waals surface area contributed by atoms with Gasteiger partial charge in [0.25, 0.3) is 0 Å². The van der Waals surface area contributed by atoms with Gasteiger partial charge in [-0.05, 0) is 30.3 Å². The maximum Gasteiger partial charge on any atom is 0.244 e. The Morgan fingerprint density at radius 2 is 1.87 bits per heavy atom. The minimum Gasteiger partial charge on any atom is -0.323 e. The van der Waals surface area contributed by atoms with Crippen LogP contribution in [0.2, 0.25) is 10.0 Å². The summed E-state index contributed by atoms with van der Waals surface area (Å²) in [5.41, 5.74) is 0.399. The fourth-order valence-electron chi connectivity index (χ4n) is 1.96. The number of nitrogens with one attached hydrogen (secondary N) is 1. The third kappa shape index (κ3) is 4.43. The first kappa shape index (κ1) is 17.2. The molecule has 0 fully saturated rings. The molecule has 7 heteroatoms. The van der Waals surface area contributed by atoms with Gasteiger partial charge in [0.1, 0.15) is 12.4 Å². The summed E-state index contributed by atoms with van der Waals surface area (Å²) >= 11 is 11.8. The summed E-state index contributed by atoms with van der Waals surface area (Å²) in [5.74, 6) is -1.54. The van der Waals surface area contributed by atoms with Crippen molar-refractivity contribution in [1.82, 2.24) is 0 Å². The Bertz CT molecular complexity index is 753. The van der Waals surface area contributed by atoms with E-state index in [9.17, 15) is 14.0 Å². The minimum absolute atomic E-state index is 0.0392. The summed E-state index contributed by atoms with van der Waals surface area (Å²) in [7, 11) is 0. The van der Waals surface area contributed by atoms with E-state index in [1.165, 1.54) is 31.2 Å². The summed E-state index contributed by atoms with van der Waals surface area (Å²) in [6.07, 6.45) is 0. The molecule has 120 valence electrons. The lowest BCUT2D eigenvalue weighted by Gasteiger charge is -2.21. The van der Waals surface area contributed by atoms with Crippen molar-refractivity contribution in [2.45, 2.75) is 6.92 Å². The Morgan fingerprint density at radius 1 is 1.17 bits per heavy atom. The van der Waals surface area contributed by atoms with Gasteiger partial charge in [-0.15, -0.1) is 0 Å². The van der Waals surface area contributed by atoms with E-state index in [0.717, 1.165) is 4.90 Å². The van der Waals surface area contributed by atoms with Crippen LogP contribution in [0.15, 0.2) is 42.5 Å². The average molecular weight is 355 g/mol. The molecule has 4 nitrogen and oxygen atoms in total. The molecule has 0 aliphatic heterocycles. The Morgan fingerprint density at radius 3 is 2.48 bits per heavy atom. The smallest absolute Gasteiger partial charge is 0.244 e. The highest BCUT2D eigenvalue weighted by molar-refractivity contribution is 6.36. The van der Waals surface area contributed by atoms with Gasteiger partial charge in [0.05, 0.1) is 16.4 Å². The van der Waals surface area contributed by atoms with E-state index >= 15 is 0 Å². The lowest BCUT2D eigenvalue weighted by atomic mass is 10.2. The van der Waals surface area contributed by atoms with Crippen LogP contribution in [0.5, 0.6) is 0 Å². The lowest BCUT2D eigenvalue weighted by molar-refractivity contribution is -0.120. The van der Waals surface area contributed by atoms with E-state index < -0.39 is 17.6 Å². The van der Waals surface area contributed by atoms with Crippen LogP contribution in [-0.4, -0.2) is 18.4 Å². The first-order valence-corrected chi connectivity index (χ1v) is 7.41. The molecule has 0 unspecified atom stereocenters. The summed E-state index contributed by atoms with van der Waals surface area (Å²) in [6.45, 7) is 0.921.